The molecule has 0 fully saturated rings. The van der Waals surface area contributed by atoms with Crippen LogP contribution in [0, 0.1) is 6.92 Å². The van der Waals surface area contributed by atoms with Gasteiger partial charge in [0, 0.05) is 16.8 Å². The number of nitrogen functional groups attached to an aromatic ring is 1. The molecule has 0 saturated carbocycles. The first kappa shape index (κ1) is 9.97. The second kappa shape index (κ2) is 3.89. The van der Waals surface area contributed by atoms with Gasteiger partial charge in [0.1, 0.15) is 0 Å². The molecule has 2 rings (SSSR count). The average molecular weight is 200 g/mol. The van der Waals surface area contributed by atoms with Gasteiger partial charge in [-0.1, -0.05) is 19.4 Å². The third kappa shape index (κ3) is 1.80. The van der Waals surface area contributed by atoms with Crippen LogP contribution in [0.4, 0.5) is 5.69 Å². The maximum atomic E-state index is 5.85. The van der Waals surface area contributed by atoms with Gasteiger partial charge in [-0.25, -0.2) is 0 Å². The summed E-state index contributed by atoms with van der Waals surface area (Å²) >= 11 is 0. The van der Waals surface area contributed by atoms with E-state index in [0.717, 1.165) is 40.7 Å². The van der Waals surface area contributed by atoms with E-state index < -0.39 is 0 Å². The van der Waals surface area contributed by atoms with Crippen molar-refractivity contribution in [3.05, 3.63) is 35.5 Å². The number of hydrogen-bond acceptors (Lipinski definition) is 2. The standard InChI is InChI=1S/C13H16N2/c1-3-4-10-5-6-11-9(2)12(14)7-8-13(11)15-10/h5-8H,3-4,14H2,1-2H3. The van der Waals surface area contributed by atoms with Gasteiger partial charge >= 0.3 is 0 Å². The Bertz CT molecular complexity index is 489. The molecule has 1 aromatic carbocycles. The van der Waals surface area contributed by atoms with Gasteiger partial charge in [-0.15, -0.1) is 0 Å². The highest BCUT2D eigenvalue weighted by atomic mass is 14.7. The van der Waals surface area contributed by atoms with Crippen molar-refractivity contribution in [3.63, 3.8) is 0 Å². The highest BCUT2D eigenvalue weighted by Gasteiger charge is 2.02. The van der Waals surface area contributed by atoms with Crippen LogP contribution in [0.15, 0.2) is 24.3 Å². The number of fused-ring (bicyclic) bond motifs is 1. The topological polar surface area (TPSA) is 38.9 Å². The van der Waals surface area contributed by atoms with E-state index in [0.29, 0.717) is 0 Å². The molecule has 0 bridgehead atoms. The zero-order valence-corrected chi connectivity index (χ0v) is 9.25. The summed E-state index contributed by atoms with van der Waals surface area (Å²) in [7, 11) is 0. The highest BCUT2D eigenvalue weighted by molar-refractivity contribution is 5.86. The molecule has 2 heteroatoms. The van der Waals surface area contributed by atoms with Crippen LogP contribution < -0.4 is 5.73 Å². The smallest absolute Gasteiger partial charge is 0.0709 e. The van der Waals surface area contributed by atoms with Gasteiger partial charge < -0.3 is 5.73 Å². The third-order valence-electron chi connectivity index (χ3n) is 2.75. The minimum atomic E-state index is 0.840. The number of nitrogens with two attached hydrogens (primary N) is 1. The molecule has 15 heavy (non-hydrogen) atoms. The van der Waals surface area contributed by atoms with Gasteiger partial charge in [0.15, 0.2) is 0 Å². The van der Waals surface area contributed by atoms with E-state index >= 15 is 0 Å². The molecule has 1 aromatic heterocycles. The second-order valence-corrected chi connectivity index (χ2v) is 3.90. The van der Waals surface area contributed by atoms with E-state index in [1.54, 1.807) is 0 Å². The summed E-state index contributed by atoms with van der Waals surface area (Å²) < 4.78 is 0. The lowest BCUT2D eigenvalue weighted by Gasteiger charge is -2.06. The van der Waals surface area contributed by atoms with Crippen molar-refractivity contribution in [2.75, 3.05) is 5.73 Å². The number of rotatable bonds is 2. The minimum absolute atomic E-state index is 0.840. The maximum Gasteiger partial charge on any atom is 0.0709 e. The minimum Gasteiger partial charge on any atom is -0.398 e. The molecule has 0 atom stereocenters. The van der Waals surface area contributed by atoms with Crippen LogP contribution in [0.2, 0.25) is 0 Å². The summed E-state index contributed by atoms with van der Waals surface area (Å²) in [4.78, 5) is 4.61. The predicted octanol–water partition coefficient (Wildman–Crippen LogP) is 3.08. The number of benzene rings is 1. The lowest BCUT2D eigenvalue weighted by atomic mass is 10.1. The van der Waals surface area contributed by atoms with Crippen molar-refractivity contribution in [2.45, 2.75) is 26.7 Å². The van der Waals surface area contributed by atoms with Crippen molar-refractivity contribution in [1.29, 1.82) is 0 Å². The molecular formula is C13H16N2. The molecule has 0 unspecified atom stereocenters. The summed E-state index contributed by atoms with van der Waals surface area (Å²) in [6.07, 6.45) is 2.17. The summed E-state index contributed by atoms with van der Waals surface area (Å²) in [5, 5.41) is 1.16. The van der Waals surface area contributed by atoms with Gasteiger partial charge in [0.05, 0.1) is 5.52 Å². The Balaban J connectivity index is 2.59. The van der Waals surface area contributed by atoms with Crippen molar-refractivity contribution in [1.82, 2.24) is 4.98 Å². The summed E-state index contributed by atoms with van der Waals surface area (Å²) in [5.74, 6) is 0. The number of anilines is 1. The first-order valence-corrected chi connectivity index (χ1v) is 5.37. The van der Waals surface area contributed by atoms with Crippen LogP contribution in [-0.2, 0) is 6.42 Å². The molecule has 0 aliphatic rings. The Hall–Kier alpha value is -1.57. The van der Waals surface area contributed by atoms with Crippen molar-refractivity contribution in [3.8, 4) is 0 Å². The molecule has 2 aromatic rings. The summed E-state index contributed by atoms with van der Waals surface area (Å²) in [6.45, 7) is 4.21. The van der Waals surface area contributed by atoms with Crippen molar-refractivity contribution in [2.24, 2.45) is 0 Å². The second-order valence-electron chi connectivity index (χ2n) is 3.90. The number of hydrogen-bond donors (Lipinski definition) is 1. The first-order valence-electron chi connectivity index (χ1n) is 5.37. The van der Waals surface area contributed by atoms with E-state index in [1.807, 2.05) is 19.1 Å². The molecule has 0 radical (unpaired) electrons. The molecule has 0 aliphatic heterocycles. The number of pyridine rings is 1. The van der Waals surface area contributed by atoms with Crippen LogP contribution in [0.1, 0.15) is 24.6 Å². The summed E-state index contributed by atoms with van der Waals surface area (Å²) in [6, 6.07) is 8.15. The zero-order chi connectivity index (χ0) is 10.8. The van der Waals surface area contributed by atoms with Gasteiger partial charge in [-0.2, -0.15) is 0 Å². The molecule has 0 aliphatic carbocycles. The van der Waals surface area contributed by atoms with Crippen LogP contribution >= 0.6 is 0 Å². The SMILES string of the molecule is CCCc1ccc2c(C)c(N)ccc2n1. The maximum absolute atomic E-state index is 5.85. The lowest BCUT2D eigenvalue weighted by Crippen LogP contribution is -1.94. The van der Waals surface area contributed by atoms with Crippen LogP contribution in [-0.4, -0.2) is 4.98 Å². The lowest BCUT2D eigenvalue weighted by molar-refractivity contribution is 0.890. The molecule has 2 N–H and O–H groups in total. The number of aryl methyl sites for hydroxylation is 2. The normalized spacial score (nSPS) is 10.8. The van der Waals surface area contributed by atoms with Crippen LogP contribution in [0.5, 0.6) is 0 Å². The quantitative estimate of drug-likeness (QED) is 0.757. The van der Waals surface area contributed by atoms with Crippen molar-refractivity contribution >= 4 is 16.6 Å². The Morgan fingerprint density at radius 3 is 2.73 bits per heavy atom. The fourth-order valence-electron chi connectivity index (χ4n) is 1.81. The third-order valence-corrected chi connectivity index (χ3v) is 2.75. The average Bonchev–Trinajstić information content (AvgIpc) is 2.24. The predicted molar refractivity (Wildman–Crippen MR) is 64.9 cm³/mol. The molecule has 1 heterocycles. The fraction of sp³-hybridized carbons (Fsp3) is 0.308. The van der Waals surface area contributed by atoms with E-state index in [9.17, 15) is 0 Å². The largest absolute Gasteiger partial charge is 0.398 e. The van der Waals surface area contributed by atoms with Crippen molar-refractivity contribution < 1.29 is 0 Å². The monoisotopic (exact) mass is 200 g/mol. The van der Waals surface area contributed by atoms with Crippen LogP contribution in [0.25, 0.3) is 10.9 Å². The Morgan fingerprint density at radius 1 is 1.20 bits per heavy atom. The van der Waals surface area contributed by atoms with E-state index in [-0.39, 0.29) is 0 Å². The molecule has 78 valence electrons. The van der Waals surface area contributed by atoms with Gasteiger partial charge in [-0.3, -0.25) is 4.98 Å². The Morgan fingerprint density at radius 2 is 2.00 bits per heavy atom. The Kier molecular flexibility index (Phi) is 2.58. The van der Waals surface area contributed by atoms with E-state index in [4.69, 9.17) is 5.73 Å². The highest BCUT2D eigenvalue weighted by Crippen LogP contribution is 2.22. The van der Waals surface area contributed by atoms with Gasteiger partial charge in [0.25, 0.3) is 0 Å². The van der Waals surface area contributed by atoms with Gasteiger partial charge in [0.2, 0.25) is 0 Å². The summed E-state index contributed by atoms with van der Waals surface area (Å²) in [5.41, 5.74) is 10.0. The molecule has 0 spiro atoms. The molecular weight excluding hydrogens is 184 g/mol. The Labute approximate surface area is 90.1 Å². The fourth-order valence-corrected chi connectivity index (χ4v) is 1.81. The zero-order valence-electron chi connectivity index (χ0n) is 9.25. The number of nitrogens with zero attached hydrogens (tertiary/aromatic N) is 1. The van der Waals surface area contributed by atoms with E-state index in [2.05, 4.69) is 24.0 Å². The molecule has 0 amide bonds. The molecule has 0 saturated heterocycles. The molecule has 2 nitrogen and oxygen atoms in total. The number of aromatic nitrogens is 1. The van der Waals surface area contributed by atoms with Crippen LogP contribution in [0.3, 0.4) is 0 Å². The van der Waals surface area contributed by atoms with E-state index in [1.165, 1.54) is 0 Å². The van der Waals surface area contributed by atoms with Gasteiger partial charge in [-0.05, 0) is 37.1 Å². The first-order chi connectivity index (χ1) is 7.22.